The molecule has 1 saturated carbocycles. The maximum Gasteiger partial charge on any atom is 0.214 e. The Kier molecular flexibility index (Phi) is 2.80. The van der Waals surface area contributed by atoms with Crippen molar-refractivity contribution >= 4 is 5.82 Å². The molecule has 1 fully saturated rings. The van der Waals surface area contributed by atoms with Gasteiger partial charge >= 0.3 is 0 Å². The maximum absolute atomic E-state index is 5.08. The van der Waals surface area contributed by atoms with Gasteiger partial charge in [-0.2, -0.15) is 4.98 Å². The maximum atomic E-state index is 5.08. The van der Waals surface area contributed by atoms with Crippen molar-refractivity contribution in [3.8, 4) is 5.88 Å². The highest BCUT2D eigenvalue weighted by Crippen LogP contribution is 2.40. The van der Waals surface area contributed by atoms with Crippen molar-refractivity contribution in [3.63, 3.8) is 0 Å². The van der Waals surface area contributed by atoms with E-state index in [1.54, 1.807) is 7.11 Å². The van der Waals surface area contributed by atoms with E-state index in [4.69, 9.17) is 4.74 Å². The van der Waals surface area contributed by atoms with E-state index in [2.05, 4.69) is 17.2 Å². The molecular formula is C12H18N2O. The van der Waals surface area contributed by atoms with Gasteiger partial charge in [-0.3, -0.25) is 0 Å². The first-order valence-corrected chi connectivity index (χ1v) is 5.47. The quantitative estimate of drug-likeness (QED) is 0.822. The number of pyridine rings is 1. The Hall–Kier alpha value is -1.25. The fraction of sp³-hybridized carbons (Fsp3) is 0.583. The Morgan fingerprint density at radius 1 is 1.47 bits per heavy atom. The molecule has 1 heterocycles. The van der Waals surface area contributed by atoms with Crippen molar-refractivity contribution in [2.45, 2.75) is 26.2 Å². The second kappa shape index (κ2) is 4.09. The lowest BCUT2D eigenvalue weighted by molar-refractivity contribution is 0.180. The number of aromatic nitrogens is 1. The Labute approximate surface area is 90.9 Å². The first kappa shape index (κ1) is 10.3. The summed E-state index contributed by atoms with van der Waals surface area (Å²) in [5.74, 6) is 1.57. The smallest absolute Gasteiger partial charge is 0.214 e. The number of hydrogen-bond donors (Lipinski definition) is 1. The van der Waals surface area contributed by atoms with Gasteiger partial charge in [-0.05, 0) is 24.3 Å². The molecule has 3 heteroatoms. The standard InChI is InChI=1S/C12H18N2O/c1-12(7-4-8-12)9-13-10-5-3-6-11(14-10)15-2/h3,5-6H,4,7-9H2,1-2H3,(H,13,14). The summed E-state index contributed by atoms with van der Waals surface area (Å²) in [6, 6.07) is 5.79. The van der Waals surface area contributed by atoms with Crippen LogP contribution < -0.4 is 10.1 Å². The van der Waals surface area contributed by atoms with Crippen LogP contribution in [0.15, 0.2) is 18.2 Å². The largest absolute Gasteiger partial charge is 0.481 e. The van der Waals surface area contributed by atoms with E-state index in [-0.39, 0.29) is 0 Å². The zero-order valence-electron chi connectivity index (χ0n) is 9.42. The van der Waals surface area contributed by atoms with E-state index in [1.807, 2.05) is 18.2 Å². The van der Waals surface area contributed by atoms with Gasteiger partial charge in [-0.1, -0.05) is 19.4 Å². The van der Waals surface area contributed by atoms with E-state index in [0.717, 1.165) is 12.4 Å². The third-order valence-electron chi connectivity index (χ3n) is 3.19. The van der Waals surface area contributed by atoms with Gasteiger partial charge in [-0.15, -0.1) is 0 Å². The van der Waals surface area contributed by atoms with Crippen LogP contribution in [0.2, 0.25) is 0 Å². The molecular weight excluding hydrogens is 188 g/mol. The third-order valence-corrected chi connectivity index (χ3v) is 3.19. The highest BCUT2D eigenvalue weighted by Gasteiger charge is 2.31. The number of hydrogen-bond acceptors (Lipinski definition) is 3. The summed E-state index contributed by atoms with van der Waals surface area (Å²) in [4.78, 5) is 4.32. The van der Waals surface area contributed by atoms with Crippen molar-refractivity contribution in [3.05, 3.63) is 18.2 Å². The van der Waals surface area contributed by atoms with Crippen LogP contribution in [0.4, 0.5) is 5.82 Å². The molecule has 2 rings (SSSR count). The molecule has 1 aromatic heterocycles. The Morgan fingerprint density at radius 2 is 2.27 bits per heavy atom. The van der Waals surface area contributed by atoms with Gasteiger partial charge in [-0.25, -0.2) is 0 Å². The molecule has 0 spiro atoms. The molecule has 0 aromatic carbocycles. The highest BCUT2D eigenvalue weighted by atomic mass is 16.5. The Balaban J connectivity index is 1.92. The van der Waals surface area contributed by atoms with Crippen LogP contribution in [0.5, 0.6) is 5.88 Å². The van der Waals surface area contributed by atoms with Gasteiger partial charge < -0.3 is 10.1 Å². The van der Waals surface area contributed by atoms with Crippen LogP contribution in [0.25, 0.3) is 0 Å². The minimum absolute atomic E-state index is 0.477. The summed E-state index contributed by atoms with van der Waals surface area (Å²) < 4.78 is 5.08. The van der Waals surface area contributed by atoms with Crippen LogP contribution in [0.3, 0.4) is 0 Å². The Bertz CT molecular complexity index is 334. The normalized spacial score (nSPS) is 18.0. The zero-order chi connectivity index (χ0) is 10.7. The van der Waals surface area contributed by atoms with E-state index >= 15 is 0 Å². The molecule has 0 radical (unpaired) electrons. The lowest BCUT2D eigenvalue weighted by Gasteiger charge is -2.38. The zero-order valence-corrected chi connectivity index (χ0v) is 9.42. The number of rotatable bonds is 4. The molecule has 3 nitrogen and oxygen atoms in total. The first-order valence-electron chi connectivity index (χ1n) is 5.47. The van der Waals surface area contributed by atoms with Crippen molar-refractivity contribution in [2.24, 2.45) is 5.41 Å². The molecule has 82 valence electrons. The molecule has 1 N–H and O–H groups in total. The lowest BCUT2D eigenvalue weighted by atomic mass is 9.70. The van der Waals surface area contributed by atoms with Gasteiger partial charge in [0.25, 0.3) is 0 Å². The van der Waals surface area contributed by atoms with E-state index < -0.39 is 0 Å². The number of methoxy groups -OCH3 is 1. The topological polar surface area (TPSA) is 34.1 Å². The van der Waals surface area contributed by atoms with E-state index in [9.17, 15) is 0 Å². The van der Waals surface area contributed by atoms with E-state index in [1.165, 1.54) is 19.3 Å². The van der Waals surface area contributed by atoms with E-state index in [0.29, 0.717) is 11.3 Å². The summed E-state index contributed by atoms with van der Waals surface area (Å²) >= 11 is 0. The van der Waals surface area contributed by atoms with Crippen LogP contribution in [-0.2, 0) is 0 Å². The second-order valence-corrected chi connectivity index (χ2v) is 4.58. The summed E-state index contributed by atoms with van der Waals surface area (Å²) in [5.41, 5.74) is 0.477. The summed E-state index contributed by atoms with van der Waals surface area (Å²) in [6.07, 6.45) is 4.01. The van der Waals surface area contributed by atoms with Gasteiger partial charge in [0.2, 0.25) is 5.88 Å². The average molecular weight is 206 g/mol. The van der Waals surface area contributed by atoms with Crippen LogP contribution >= 0.6 is 0 Å². The molecule has 1 aliphatic carbocycles. The molecule has 1 aliphatic rings. The number of ether oxygens (including phenoxy) is 1. The second-order valence-electron chi connectivity index (χ2n) is 4.58. The predicted octanol–water partition coefficient (Wildman–Crippen LogP) is 2.69. The first-order chi connectivity index (χ1) is 7.22. The monoisotopic (exact) mass is 206 g/mol. The minimum atomic E-state index is 0.477. The average Bonchev–Trinajstić information content (AvgIpc) is 2.24. The predicted molar refractivity (Wildman–Crippen MR) is 61.2 cm³/mol. The highest BCUT2D eigenvalue weighted by molar-refractivity contribution is 5.37. The molecule has 1 aromatic rings. The fourth-order valence-electron chi connectivity index (χ4n) is 1.89. The molecule has 0 bridgehead atoms. The Morgan fingerprint density at radius 3 is 2.87 bits per heavy atom. The molecule has 0 amide bonds. The fourth-order valence-corrected chi connectivity index (χ4v) is 1.89. The van der Waals surface area contributed by atoms with Crippen LogP contribution in [0, 0.1) is 5.41 Å². The van der Waals surface area contributed by atoms with Gasteiger partial charge in [0.15, 0.2) is 0 Å². The van der Waals surface area contributed by atoms with Crippen molar-refractivity contribution in [1.29, 1.82) is 0 Å². The van der Waals surface area contributed by atoms with Crippen molar-refractivity contribution in [1.82, 2.24) is 4.98 Å². The summed E-state index contributed by atoms with van der Waals surface area (Å²) in [7, 11) is 1.64. The molecule has 0 unspecified atom stereocenters. The minimum Gasteiger partial charge on any atom is -0.481 e. The molecule has 15 heavy (non-hydrogen) atoms. The van der Waals surface area contributed by atoms with Crippen LogP contribution in [-0.4, -0.2) is 18.6 Å². The number of nitrogens with zero attached hydrogens (tertiary/aromatic N) is 1. The number of nitrogens with one attached hydrogen (secondary N) is 1. The molecule has 0 atom stereocenters. The van der Waals surface area contributed by atoms with Gasteiger partial charge in [0.1, 0.15) is 5.82 Å². The van der Waals surface area contributed by atoms with Gasteiger partial charge in [0.05, 0.1) is 7.11 Å². The summed E-state index contributed by atoms with van der Waals surface area (Å²) in [5, 5.41) is 3.37. The number of anilines is 1. The third kappa shape index (κ3) is 2.41. The van der Waals surface area contributed by atoms with Gasteiger partial charge in [0, 0.05) is 12.6 Å². The van der Waals surface area contributed by atoms with Crippen LogP contribution in [0.1, 0.15) is 26.2 Å². The lowest BCUT2D eigenvalue weighted by Crippen LogP contribution is -2.33. The summed E-state index contributed by atoms with van der Waals surface area (Å²) in [6.45, 7) is 3.33. The van der Waals surface area contributed by atoms with Crippen molar-refractivity contribution < 1.29 is 4.74 Å². The molecule has 0 aliphatic heterocycles. The molecule has 0 saturated heterocycles. The van der Waals surface area contributed by atoms with Crippen molar-refractivity contribution in [2.75, 3.05) is 19.0 Å². The SMILES string of the molecule is COc1cccc(NCC2(C)CCC2)n1.